The Morgan fingerprint density at radius 2 is 1.93 bits per heavy atom. The zero-order valence-corrected chi connectivity index (χ0v) is 25.9. The number of hydrogen-bond acceptors (Lipinski definition) is 11. The number of carbonyl (C=O) groups excluding carboxylic acids is 1. The highest BCUT2D eigenvalue weighted by atomic mass is 16.7. The summed E-state index contributed by atoms with van der Waals surface area (Å²) >= 11 is 0. The largest absolute Gasteiger partial charge is 0.394 e. The van der Waals surface area contributed by atoms with Crippen LogP contribution in [0.25, 0.3) is 0 Å². The third-order valence-electron chi connectivity index (χ3n) is 9.29. The maximum absolute atomic E-state index is 11.7. The Kier molecular flexibility index (Phi) is 14.1. The highest BCUT2D eigenvalue weighted by Gasteiger charge is 2.48. The number of rotatable bonds is 16. The molecule has 0 bridgehead atoms. The summed E-state index contributed by atoms with van der Waals surface area (Å²) in [6, 6.07) is 0.601. The minimum atomic E-state index is -1.56. The van der Waals surface area contributed by atoms with Gasteiger partial charge in [0.2, 0.25) is 5.91 Å². The first-order chi connectivity index (χ1) is 21.2. The van der Waals surface area contributed by atoms with Gasteiger partial charge in [-0.25, -0.2) is 0 Å². The summed E-state index contributed by atoms with van der Waals surface area (Å²) in [5.74, 6) is -0.576. The SMILES string of the molecule is CCNC(=O)CCCC=CC[C@@H]1[C@@H](C=C[C@@H](O)CCC2OCCCN2C2CC2)[C@H](O)C[C@@H]1O[C@H]1OC(CO)[C@@H](O)[C@H](O)C1O. The van der Waals surface area contributed by atoms with Gasteiger partial charge in [0.05, 0.1) is 24.9 Å². The first kappa shape index (κ1) is 35.4. The van der Waals surface area contributed by atoms with Crippen molar-refractivity contribution in [2.45, 2.75) is 132 Å². The van der Waals surface area contributed by atoms with E-state index in [0.717, 1.165) is 26.0 Å². The minimum Gasteiger partial charge on any atom is -0.394 e. The molecular weight excluding hydrogens is 572 g/mol. The van der Waals surface area contributed by atoms with Gasteiger partial charge in [0.25, 0.3) is 0 Å². The van der Waals surface area contributed by atoms with Crippen molar-refractivity contribution in [3.63, 3.8) is 0 Å². The van der Waals surface area contributed by atoms with Crippen LogP contribution < -0.4 is 5.32 Å². The summed E-state index contributed by atoms with van der Waals surface area (Å²) in [4.78, 5) is 14.1. The molecule has 2 aliphatic heterocycles. The third-order valence-corrected chi connectivity index (χ3v) is 9.29. The lowest BCUT2D eigenvalue weighted by molar-refractivity contribution is -0.313. The van der Waals surface area contributed by atoms with Gasteiger partial charge in [-0.15, -0.1) is 0 Å². The second kappa shape index (κ2) is 17.5. The van der Waals surface area contributed by atoms with Crippen molar-refractivity contribution < 1.29 is 49.6 Å². The molecule has 12 nitrogen and oxygen atoms in total. The molecule has 4 aliphatic rings. The Morgan fingerprint density at radius 3 is 2.66 bits per heavy atom. The van der Waals surface area contributed by atoms with Gasteiger partial charge in [0.1, 0.15) is 30.6 Å². The fourth-order valence-corrected chi connectivity index (χ4v) is 6.67. The van der Waals surface area contributed by atoms with E-state index in [4.69, 9.17) is 14.2 Å². The van der Waals surface area contributed by atoms with Gasteiger partial charge in [-0.05, 0) is 64.2 Å². The number of nitrogens with one attached hydrogen (secondary N) is 1. The highest BCUT2D eigenvalue weighted by Crippen LogP contribution is 2.40. The molecule has 12 heteroatoms. The summed E-state index contributed by atoms with van der Waals surface area (Å²) in [6.45, 7) is 3.70. The molecule has 2 heterocycles. The lowest BCUT2D eigenvalue weighted by Gasteiger charge is -2.41. The summed E-state index contributed by atoms with van der Waals surface area (Å²) in [5, 5.41) is 65.2. The summed E-state index contributed by atoms with van der Waals surface area (Å²) in [6.07, 6.45) is 5.89. The number of aliphatic hydroxyl groups excluding tert-OH is 6. The van der Waals surface area contributed by atoms with Crippen molar-refractivity contribution >= 4 is 5.91 Å². The minimum absolute atomic E-state index is 0.0202. The van der Waals surface area contributed by atoms with Gasteiger partial charge in [-0.2, -0.15) is 0 Å². The quantitative estimate of drug-likeness (QED) is 0.0927. The number of amides is 1. The summed E-state index contributed by atoms with van der Waals surface area (Å²) in [7, 11) is 0. The average Bonchev–Trinajstić information content (AvgIpc) is 3.82. The molecule has 0 radical (unpaired) electrons. The molecule has 0 spiro atoms. The summed E-state index contributed by atoms with van der Waals surface area (Å²) < 4.78 is 17.7. The Labute approximate surface area is 260 Å². The number of ether oxygens (including phenoxy) is 3. The lowest BCUT2D eigenvalue weighted by Crippen LogP contribution is -2.59. The van der Waals surface area contributed by atoms with Crippen molar-refractivity contribution in [2.75, 3.05) is 26.3 Å². The molecule has 0 aromatic carbocycles. The van der Waals surface area contributed by atoms with Crippen LogP contribution in [0.4, 0.5) is 0 Å². The number of nitrogens with zero attached hydrogens (tertiary/aromatic N) is 1. The first-order valence-electron chi connectivity index (χ1n) is 16.5. The van der Waals surface area contributed by atoms with Gasteiger partial charge < -0.3 is 50.2 Å². The van der Waals surface area contributed by atoms with Gasteiger partial charge in [-0.1, -0.05) is 24.3 Å². The lowest BCUT2D eigenvalue weighted by atomic mass is 9.89. The maximum Gasteiger partial charge on any atom is 0.219 e. The van der Waals surface area contributed by atoms with Crippen molar-refractivity contribution in [3.8, 4) is 0 Å². The van der Waals surface area contributed by atoms with E-state index in [2.05, 4.69) is 10.2 Å². The molecule has 4 rings (SSSR count). The van der Waals surface area contributed by atoms with Crippen molar-refractivity contribution in [1.82, 2.24) is 10.2 Å². The molecule has 2 saturated heterocycles. The molecule has 3 unspecified atom stereocenters. The molecule has 252 valence electrons. The predicted octanol–water partition coefficient (Wildman–Crippen LogP) is 0.329. The zero-order chi connectivity index (χ0) is 31.6. The van der Waals surface area contributed by atoms with Crippen molar-refractivity contribution in [2.24, 2.45) is 11.8 Å². The van der Waals surface area contributed by atoms with Crippen molar-refractivity contribution in [3.05, 3.63) is 24.3 Å². The van der Waals surface area contributed by atoms with Gasteiger partial charge in [-0.3, -0.25) is 9.69 Å². The average molecular weight is 627 g/mol. The van der Waals surface area contributed by atoms with E-state index in [1.165, 1.54) is 12.8 Å². The standard InChI is InChI=1S/C32H54N2O10/c1-2-33-27(38)9-6-4-3-5-8-23-22(14-12-21(36)13-15-28-34(20-10-11-20)16-7-17-42-28)24(37)18-25(23)43-32-31(41)30(40)29(39)26(19-35)44-32/h3,5,12,14,20-26,28-32,35-37,39-41H,2,4,6-11,13,15-19H2,1H3,(H,33,38)/t21-,22-,23-,24-,25+,26?,28?,29-,30+,31?,32+/m1/s1. The normalized spacial score (nSPS) is 37.6. The van der Waals surface area contributed by atoms with E-state index in [0.29, 0.717) is 44.7 Å². The fourth-order valence-electron chi connectivity index (χ4n) is 6.67. The van der Waals surface area contributed by atoms with E-state index in [9.17, 15) is 35.4 Å². The molecule has 7 N–H and O–H groups in total. The zero-order valence-electron chi connectivity index (χ0n) is 25.9. The Morgan fingerprint density at radius 1 is 1.14 bits per heavy atom. The van der Waals surface area contributed by atoms with Gasteiger partial charge in [0.15, 0.2) is 6.29 Å². The molecular formula is C32H54N2O10. The van der Waals surface area contributed by atoms with E-state index in [1.54, 1.807) is 6.08 Å². The smallest absolute Gasteiger partial charge is 0.219 e. The molecule has 1 amide bonds. The summed E-state index contributed by atoms with van der Waals surface area (Å²) in [5.41, 5.74) is 0. The van der Waals surface area contributed by atoms with Crippen LogP contribution >= 0.6 is 0 Å². The van der Waals surface area contributed by atoms with E-state index in [1.807, 2.05) is 25.2 Å². The van der Waals surface area contributed by atoms with Crippen LogP contribution in [0.1, 0.15) is 71.1 Å². The van der Waals surface area contributed by atoms with Crippen LogP contribution in [0.5, 0.6) is 0 Å². The number of carbonyl (C=O) groups is 1. The Hall–Kier alpha value is -1.45. The third kappa shape index (κ3) is 9.78. The van der Waals surface area contributed by atoms with Crippen LogP contribution in [-0.2, 0) is 19.0 Å². The molecule has 2 saturated carbocycles. The molecule has 0 aromatic rings. The van der Waals surface area contributed by atoms with Crippen molar-refractivity contribution in [1.29, 1.82) is 0 Å². The monoisotopic (exact) mass is 626 g/mol. The van der Waals surface area contributed by atoms with Gasteiger partial charge in [0, 0.05) is 44.5 Å². The number of unbranched alkanes of at least 4 members (excludes halogenated alkanes) is 1. The van der Waals surface area contributed by atoms with E-state index >= 15 is 0 Å². The second-order valence-electron chi connectivity index (χ2n) is 12.6. The van der Waals surface area contributed by atoms with Crippen LogP contribution in [0.3, 0.4) is 0 Å². The topological polar surface area (TPSA) is 181 Å². The van der Waals surface area contributed by atoms with Gasteiger partial charge >= 0.3 is 0 Å². The van der Waals surface area contributed by atoms with Crippen LogP contribution in [0.15, 0.2) is 24.3 Å². The molecule has 4 fully saturated rings. The number of hydrogen-bond donors (Lipinski definition) is 7. The van der Waals surface area contributed by atoms with Crippen LogP contribution in [-0.4, -0.2) is 129 Å². The molecule has 44 heavy (non-hydrogen) atoms. The first-order valence-corrected chi connectivity index (χ1v) is 16.5. The number of allylic oxidation sites excluding steroid dienone is 2. The van der Waals surface area contributed by atoms with Crippen LogP contribution in [0.2, 0.25) is 0 Å². The molecule has 2 aliphatic carbocycles. The van der Waals surface area contributed by atoms with E-state index in [-0.39, 0.29) is 30.4 Å². The second-order valence-corrected chi connectivity index (χ2v) is 12.6. The van der Waals surface area contributed by atoms with E-state index < -0.39 is 55.6 Å². The number of aliphatic hydroxyl groups is 6. The predicted molar refractivity (Wildman–Crippen MR) is 161 cm³/mol. The molecule has 0 aromatic heterocycles. The Balaban J connectivity index is 1.37. The maximum atomic E-state index is 11.7. The molecule has 11 atom stereocenters. The highest BCUT2D eigenvalue weighted by molar-refractivity contribution is 5.75. The fraction of sp³-hybridized carbons (Fsp3) is 0.844. The Bertz CT molecular complexity index is 931. The van der Waals surface area contributed by atoms with Crippen LogP contribution in [0, 0.1) is 11.8 Å².